The molecule has 3 unspecified atom stereocenters. The third kappa shape index (κ3) is 5.71. The number of nitrogens with one attached hydrogen (secondary N) is 2. The fourth-order valence-electron chi connectivity index (χ4n) is 3.50. The first-order chi connectivity index (χ1) is 14.0. The SMILES string of the molecule is COC(=O)C(NC(=O)C1(Cc2ccc(C(F)(F)F)cc2)CCCN1)C(C)OC(C)=O. The molecule has 0 aromatic heterocycles. The quantitative estimate of drug-likeness (QED) is 0.643. The van der Waals surface area contributed by atoms with E-state index in [1.165, 1.54) is 26.0 Å². The van der Waals surface area contributed by atoms with Gasteiger partial charge in [0.2, 0.25) is 5.91 Å². The second-order valence-corrected chi connectivity index (χ2v) is 7.27. The zero-order valence-electron chi connectivity index (χ0n) is 17.0. The standard InChI is InChI=1S/C20H25F3N2O5/c1-12(30-13(2)26)16(17(27)29-3)25-18(28)19(9-4-10-24-19)11-14-5-7-15(8-6-14)20(21,22)23/h5-8,12,16,24H,4,9-11H2,1-3H3,(H,25,28). The summed E-state index contributed by atoms with van der Waals surface area (Å²) >= 11 is 0. The van der Waals surface area contributed by atoms with Crippen molar-refractivity contribution in [2.24, 2.45) is 0 Å². The van der Waals surface area contributed by atoms with Crippen LogP contribution in [0.15, 0.2) is 24.3 Å². The van der Waals surface area contributed by atoms with Gasteiger partial charge in [-0.05, 0) is 50.4 Å². The minimum Gasteiger partial charge on any atom is -0.467 e. The zero-order valence-corrected chi connectivity index (χ0v) is 17.0. The maximum atomic E-state index is 13.1. The van der Waals surface area contributed by atoms with Crippen LogP contribution in [0.25, 0.3) is 0 Å². The first kappa shape index (κ1) is 23.7. The molecule has 30 heavy (non-hydrogen) atoms. The number of benzene rings is 1. The van der Waals surface area contributed by atoms with Crippen LogP contribution in [-0.4, -0.2) is 49.2 Å². The smallest absolute Gasteiger partial charge is 0.416 e. The van der Waals surface area contributed by atoms with Crippen molar-refractivity contribution < 1.29 is 37.0 Å². The summed E-state index contributed by atoms with van der Waals surface area (Å²) in [5.74, 6) is -1.92. The summed E-state index contributed by atoms with van der Waals surface area (Å²) in [6, 6.07) is 3.37. The molecular formula is C20H25F3N2O5. The second-order valence-electron chi connectivity index (χ2n) is 7.27. The molecule has 1 saturated heterocycles. The van der Waals surface area contributed by atoms with Gasteiger partial charge in [0.1, 0.15) is 11.6 Å². The fraction of sp³-hybridized carbons (Fsp3) is 0.550. The van der Waals surface area contributed by atoms with Gasteiger partial charge in [0.15, 0.2) is 6.04 Å². The van der Waals surface area contributed by atoms with Gasteiger partial charge in [-0.25, -0.2) is 4.79 Å². The third-order valence-corrected chi connectivity index (χ3v) is 5.03. The number of hydrogen-bond donors (Lipinski definition) is 2. The number of ether oxygens (including phenoxy) is 2. The Morgan fingerprint density at radius 2 is 1.87 bits per heavy atom. The summed E-state index contributed by atoms with van der Waals surface area (Å²) in [5, 5.41) is 5.69. The van der Waals surface area contributed by atoms with Crippen LogP contribution in [0.4, 0.5) is 13.2 Å². The summed E-state index contributed by atoms with van der Waals surface area (Å²) in [5.41, 5.74) is -1.34. The van der Waals surface area contributed by atoms with Gasteiger partial charge in [0.25, 0.3) is 0 Å². The molecule has 0 saturated carbocycles. The number of halogens is 3. The normalized spacial score (nSPS) is 20.9. The molecule has 1 heterocycles. The zero-order chi connectivity index (χ0) is 22.5. The Kier molecular flexibility index (Phi) is 7.46. The molecule has 1 aliphatic heterocycles. The van der Waals surface area contributed by atoms with Crippen LogP contribution in [-0.2, 0) is 36.5 Å². The van der Waals surface area contributed by atoms with E-state index in [-0.39, 0.29) is 6.42 Å². The molecule has 0 spiro atoms. The molecule has 0 aliphatic carbocycles. The van der Waals surface area contributed by atoms with E-state index in [0.29, 0.717) is 24.9 Å². The maximum absolute atomic E-state index is 13.1. The molecule has 1 amide bonds. The topological polar surface area (TPSA) is 93.7 Å². The molecule has 0 radical (unpaired) electrons. The van der Waals surface area contributed by atoms with Crippen LogP contribution < -0.4 is 10.6 Å². The van der Waals surface area contributed by atoms with Gasteiger partial charge in [-0.3, -0.25) is 9.59 Å². The summed E-state index contributed by atoms with van der Waals surface area (Å²) in [7, 11) is 1.15. The highest BCUT2D eigenvalue weighted by atomic mass is 19.4. The minimum absolute atomic E-state index is 0.132. The Morgan fingerprint density at radius 1 is 1.23 bits per heavy atom. The average molecular weight is 430 g/mol. The van der Waals surface area contributed by atoms with Gasteiger partial charge in [-0.2, -0.15) is 13.2 Å². The van der Waals surface area contributed by atoms with E-state index in [1.807, 2.05) is 0 Å². The Morgan fingerprint density at radius 3 is 2.33 bits per heavy atom. The van der Waals surface area contributed by atoms with Crippen LogP contribution in [0, 0.1) is 0 Å². The monoisotopic (exact) mass is 430 g/mol. The first-order valence-electron chi connectivity index (χ1n) is 9.46. The van der Waals surface area contributed by atoms with Crippen LogP contribution in [0.5, 0.6) is 0 Å². The van der Waals surface area contributed by atoms with E-state index in [4.69, 9.17) is 9.47 Å². The Hall–Kier alpha value is -2.62. The molecule has 1 aliphatic rings. The van der Waals surface area contributed by atoms with Crippen molar-refractivity contribution in [3.05, 3.63) is 35.4 Å². The second kappa shape index (κ2) is 9.46. The number of carbonyl (C=O) groups excluding carboxylic acids is 3. The molecular weight excluding hydrogens is 405 g/mol. The number of esters is 2. The van der Waals surface area contributed by atoms with Crippen LogP contribution in [0.2, 0.25) is 0 Å². The summed E-state index contributed by atoms with van der Waals surface area (Å²) in [6.07, 6.45) is -4.18. The van der Waals surface area contributed by atoms with Crippen molar-refractivity contribution in [2.75, 3.05) is 13.7 Å². The van der Waals surface area contributed by atoms with Gasteiger partial charge < -0.3 is 20.1 Å². The molecule has 1 aromatic carbocycles. The fourth-order valence-corrected chi connectivity index (χ4v) is 3.50. The molecule has 166 valence electrons. The molecule has 1 aromatic rings. The lowest BCUT2D eigenvalue weighted by Gasteiger charge is -2.31. The highest BCUT2D eigenvalue weighted by Gasteiger charge is 2.44. The van der Waals surface area contributed by atoms with Gasteiger partial charge >= 0.3 is 18.1 Å². The van der Waals surface area contributed by atoms with Crippen molar-refractivity contribution in [3.8, 4) is 0 Å². The number of rotatable bonds is 7. The van der Waals surface area contributed by atoms with Gasteiger partial charge in [-0.1, -0.05) is 12.1 Å². The molecule has 0 bridgehead atoms. The van der Waals surface area contributed by atoms with Crippen LogP contribution in [0.3, 0.4) is 0 Å². The minimum atomic E-state index is -4.44. The molecule has 2 N–H and O–H groups in total. The average Bonchev–Trinajstić information content (AvgIpc) is 3.14. The first-order valence-corrected chi connectivity index (χ1v) is 9.46. The highest BCUT2D eigenvalue weighted by molar-refractivity contribution is 5.91. The maximum Gasteiger partial charge on any atom is 0.416 e. The van der Waals surface area contributed by atoms with E-state index >= 15 is 0 Å². The lowest BCUT2D eigenvalue weighted by atomic mass is 9.87. The molecule has 2 rings (SSSR count). The van der Waals surface area contributed by atoms with Gasteiger partial charge in [-0.15, -0.1) is 0 Å². The predicted molar refractivity (Wildman–Crippen MR) is 100 cm³/mol. The van der Waals surface area contributed by atoms with Crippen LogP contribution in [0.1, 0.15) is 37.8 Å². The summed E-state index contributed by atoms with van der Waals surface area (Å²) in [6.45, 7) is 3.17. The van der Waals surface area contributed by atoms with Crippen LogP contribution >= 0.6 is 0 Å². The van der Waals surface area contributed by atoms with Gasteiger partial charge in [0, 0.05) is 6.92 Å². The van der Waals surface area contributed by atoms with E-state index in [9.17, 15) is 27.6 Å². The number of hydrogen-bond acceptors (Lipinski definition) is 6. The lowest BCUT2D eigenvalue weighted by Crippen LogP contribution is -2.60. The molecule has 7 nitrogen and oxygen atoms in total. The third-order valence-electron chi connectivity index (χ3n) is 5.03. The van der Waals surface area contributed by atoms with Crippen molar-refractivity contribution in [1.29, 1.82) is 0 Å². The van der Waals surface area contributed by atoms with E-state index in [0.717, 1.165) is 19.2 Å². The highest BCUT2D eigenvalue weighted by Crippen LogP contribution is 2.31. The summed E-state index contributed by atoms with van der Waals surface area (Å²) < 4.78 is 48.1. The van der Waals surface area contributed by atoms with E-state index in [2.05, 4.69) is 10.6 Å². The number of alkyl halides is 3. The Labute approximate surface area is 172 Å². The summed E-state index contributed by atoms with van der Waals surface area (Å²) in [4.78, 5) is 36.5. The molecule has 10 heteroatoms. The lowest BCUT2D eigenvalue weighted by molar-refractivity contribution is -0.156. The molecule has 1 fully saturated rings. The van der Waals surface area contributed by atoms with Crippen molar-refractivity contribution in [3.63, 3.8) is 0 Å². The van der Waals surface area contributed by atoms with E-state index in [1.54, 1.807) is 0 Å². The Balaban J connectivity index is 2.21. The van der Waals surface area contributed by atoms with Crippen molar-refractivity contribution in [2.45, 2.75) is 57.0 Å². The van der Waals surface area contributed by atoms with Crippen molar-refractivity contribution >= 4 is 17.8 Å². The largest absolute Gasteiger partial charge is 0.467 e. The van der Waals surface area contributed by atoms with Crippen molar-refractivity contribution in [1.82, 2.24) is 10.6 Å². The van der Waals surface area contributed by atoms with Gasteiger partial charge in [0.05, 0.1) is 12.7 Å². The number of carbonyl (C=O) groups is 3. The Bertz CT molecular complexity index is 774. The molecule has 3 atom stereocenters. The number of amides is 1. The van der Waals surface area contributed by atoms with E-state index < -0.39 is 47.3 Å². The number of methoxy groups -OCH3 is 1. The predicted octanol–water partition coefficient (Wildman–Crippen LogP) is 1.98.